The molecule has 1 aromatic rings. The third-order valence-electron chi connectivity index (χ3n) is 3.75. The summed E-state index contributed by atoms with van der Waals surface area (Å²) in [6.45, 7) is 3.27. The number of hydrogen-bond acceptors (Lipinski definition) is 6. The molecule has 7 heteroatoms. The third kappa shape index (κ3) is 2.24. The first-order chi connectivity index (χ1) is 8.76. The van der Waals surface area contributed by atoms with E-state index in [0.717, 1.165) is 19.6 Å². The Labute approximate surface area is 110 Å². The molecule has 6 nitrogen and oxygen atoms in total. The molecule has 0 radical (unpaired) electrons. The maximum Gasteiger partial charge on any atom is 0.309 e. The molecule has 1 atom stereocenters. The number of rotatable bonds is 3. The molecule has 2 bridgehead atoms. The molecular weight excluding hydrogens is 252 g/mol. The van der Waals surface area contributed by atoms with E-state index < -0.39 is 0 Å². The first-order valence-corrected chi connectivity index (χ1v) is 7.39. The van der Waals surface area contributed by atoms with E-state index in [1.165, 1.54) is 24.6 Å². The van der Waals surface area contributed by atoms with Gasteiger partial charge in [-0.3, -0.25) is 4.79 Å². The van der Waals surface area contributed by atoms with Crippen molar-refractivity contribution >= 4 is 17.7 Å². The SMILES string of the molecule is CSc1nnc(C(=O)N[C@H]2CN3CCC2CC3)o1. The second-order valence-corrected chi connectivity index (χ2v) is 5.55. The molecule has 0 aliphatic carbocycles. The summed E-state index contributed by atoms with van der Waals surface area (Å²) >= 11 is 1.34. The standard InChI is InChI=1S/C11H16N4O2S/c1-18-11-14-13-10(17-11)9(16)12-8-6-15-4-2-7(8)3-5-15/h7-8H,2-6H2,1H3,(H,12,16)/t8-/m0/s1. The Balaban J connectivity index is 1.64. The highest BCUT2D eigenvalue weighted by molar-refractivity contribution is 7.98. The van der Waals surface area contributed by atoms with Crippen molar-refractivity contribution in [1.82, 2.24) is 20.4 Å². The van der Waals surface area contributed by atoms with Gasteiger partial charge in [-0.15, -0.1) is 10.2 Å². The van der Waals surface area contributed by atoms with Crippen LogP contribution >= 0.6 is 11.8 Å². The molecule has 0 unspecified atom stereocenters. The highest BCUT2D eigenvalue weighted by Gasteiger charge is 2.35. The van der Waals surface area contributed by atoms with Crippen LogP contribution in [0.1, 0.15) is 23.5 Å². The number of carbonyl (C=O) groups is 1. The number of aromatic nitrogens is 2. The predicted molar refractivity (Wildman–Crippen MR) is 66.5 cm³/mol. The topological polar surface area (TPSA) is 71.3 Å². The molecule has 1 N–H and O–H groups in total. The van der Waals surface area contributed by atoms with Crippen LogP contribution in [0.15, 0.2) is 9.64 Å². The fourth-order valence-electron chi connectivity index (χ4n) is 2.74. The minimum Gasteiger partial charge on any atom is -0.407 e. The summed E-state index contributed by atoms with van der Waals surface area (Å²) in [5.41, 5.74) is 0. The highest BCUT2D eigenvalue weighted by Crippen LogP contribution is 2.27. The molecule has 4 heterocycles. The van der Waals surface area contributed by atoms with Crippen molar-refractivity contribution in [3.8, 4) is 0 Å². The van der Waals surface area contributed by atoms with Crippen LogP contribution < -0.4 is 5.32 Å². The molecule has 1 aromatic heterocycles. The van der Waals surface area contributed by atoms with Gasteiger partial charge in [0.15, 0.2) is 0 Å². The fraction of sp³-hybridized carbons (Fsp3) is 0.727. The van der Waals surface area contributed by atoms with E-state index in [1.807, 2.05) is 6.26 Å². The van der Waals surface area contributed by atoms with Gasteiger partial charge < -0.3 is 14.6 Å². The van der Waals surface area contributed by atoms with Crippen LogP contribution in [0.3, 0.4) is 0 Å². The van der Waals surface area contributed by atoms with Crippen molar-refractivity contribution in [1.29, 1.82) is 0 Å². The Morgan fingerprint density at radius 1 is 1.44 bits per heavy atom. The van der Waals surface area contributed by atoms with Crippen molar-refractivity contribution in [3.63, 3.8) is 0 Å². The van der Waals surface area contributed by atoms with E-state index in [2.05, 4.69) is 20.4 Å². The zero-order valence-corrected chi connectivity index (χ0v) is 11.1. The Morgan fingerprint density at radius 3 is 2.78 bits per heavy atom. The van der Waals surface area contributed by atoms with Crippen LogP contribution in [0.2, 0.25) is 0 Å². The average molecular weight is 268 g/mol. The largest absolute Gasteiger partial charge is 0.407 e. The number of thioether (sulfide) groups is 1. The number of hydrogen-bond donors (Lipinski definition) is 1. The summed E-state index contributed by atoms with van der Waals surface area (Å²) in [5, 5.41) is 11.0. The van der Waals surface area contributed by atoms with E-state index in [4.69, 9.17) is 4.42 Å². The molecule has 18 heavy (non-hydrogen) atoms. The van der Waals surface area contributed by atoms with Gasteiger partial charge in [-0.1, -0.05) is 11.8 Å². The Morgan fingerprint density at radius 2 is 2.22 bits per heavy atom. The molecule has 0 spiro atoms. The van der Waals surface area contributed by atoms with Crippen molar-refractivity contribution < 1.29 is 9.21 Å². The zero-order valence-electron chi connectivity index (χ0n) is 10.3. The number of fused-ring (bicyclic) bond motifs is 3. The summed E-state index contributed by atoms with van der Waals surface area (Å²) in [7, 11) is 0. The Kier molecular flexibility index (Phi) is 3.25. The number of nitrogens with one attached hydrogen (secondary N) is 1. The van der Waals surface area contributed by atoms with E-state index in [1.54, 1.807) is 0 Å². The van der Waals surface area contributed by atoms with Gasteiger partial charge in [0.1, 0.15) is 0 Å². The van der Waals surface area contributed by atoms with Gasteiger partial charge in [0.2, 0.25) is 0 Å². The van der Waals surface area contributed by atoms with Crippen LogP contribution in [0.5, 0.6) is 0 Å². The van der Waals surface area contributed by atoms with Crippen LogP contribution in [-0.2, 0) is 0 Å². The lowest BCUT2D eigenvalue weighted by Gasteiger charge is -2.44. The van der Waals surface area contributed by atoms with E-state index in [-0.39, 0.29) is 17.8 Å². The van der Waals surface area contributed by atoms with Crippen molar-refractivity contribution in [2.45, 2.75) is 24.1 Å². The van der Waals surface area contributed by atoms with Gasteiger partial charge in [-0.05, 0) is 38.1 Å². The predicted octanol–water partition coefficient (Wildman–Crippen LogP) is 0.615. The second kappa shape index (κ2) is 4.89. The van der Waals surface area contributed by atoms with Gasteiger partial charge in [-0.2, -0.15) is 0 Å². The summed E-state index contributed by atoms with van der Waals surface area (Å²) in [6.07, 6.45) is 4.18. The Bertz CT molecular complexity index is 442. The molecule has 1 amide bonds. The first kappa shape index (κ1) is 12.0. The summed E-state index contributed by atoms with van der Waals surface area (Å²) in [5.74, 6) is 0.416. The van der Waals surface area contributed by atoms with Crippen molar-refractivity contribution in [3.05, 3.63) is 5.89 Å². The molecule has 3 aliphatic rings. The van der Waals surface area contributed by atoms with Crippen LogP contribution in [-0.4, -0.2) is 52.9 Å². The summed E-state index contributed by atoms with van der Waals surface area (Å²) < 4.78 is 5.23. The molecule has 3 fully saturated rings. The van der Waals surface area contributed by atoms with Gasteiger partial charge in [0.25, 0.3) is 5.22 Å². The van der Waals surface area contributed by atoms with Crippen LogP contribution in [0.25, 0.3) is 0 Å². The Hall–Kier alpha value is -1.08. The molecule has 98 valence electrons. The van der Waals surface area contributed by atoms with Gasteiger partial charge >= 0.3 is 11.8 Å². The number of nitrogens with zero attached hydrogens (tertiary/aromatic N) is 3. The molecule has 3 saturated heterocycles. The van der Waals surface area contributed by atoms with Crippen LogP contribution in [0, 0.1) is 5.92 Å². The number of piperidine rings is 3. The summed E-state index contributed by atoms with van der Waals surface area (Å²) in [6, 6.07) is 0.227. The first-order valence-electron chi connectivity index (χ1n) is 6.17. The van der Waals surface area contributed by atoms with E-state index in [9.17, 15) is 4.79 Å². The maximum atomic E-state index is 12.0. The quantitative estimate of drug-likeness (QED) is 0.810. The fourth-order valence-corrected chi connectivity index (χ4v) is 3.03. The molecular formula is C11H16N4O2S. The minimum absolute atomic E-state index is 0.0656. The van der Waals surface area contributed by atoms with Gasteiger partial charge in [-0.25, -0.2) is 0 Å². The van der Waals surface area contributed by atoms with E-state index >= 15 is 0 Å². The second-order valence-electron chi connectivity index (χ2n) is 4.80. The van der Waals surface area contributed by atoms with E-state index in [0.29, 0.717) is 11.1 Å². The summed E-state index contributed by atoms with van der Waals surface area (Å²) in [4.78, 5) is 14.4. The van der Waals surface area contributed by atoms with Crippen molar-refractivity contribution in [2.75, 3.05) is 25.9 Å². The minimum atomic E-state index is -0.249. The van der Waals surface area contributed by atoms with Crippen LogP contribution in [0.4, 0.5) is 0 Å². The lowest BCUT2D eigenvalue weighted by atomic mass is 9.84. The third-order valence-corrected chi connectivity index (χ3v) is 4.26. The van der Waals surface area contributed by atoms with Gasteiger partial charge in [0.05, 0.1) is 0 Å². The number of amides is 1. The monoisotopic (exact) mass is 268 g/mol. The average Bonchev–Trinajstić information content (AvgIpc) is 2.89. The normalized spacial score (nSPS) is 30.4. The molecule has 3 aliphatic heterocycles. The molecule has 0 saturated carbocycles. The molecule has 0 aromatic carbocycles. The maximum absolute atomic E-state index is 12.0. The smallest absolute Gasteiger partial charge is 0.309 e. The highest BCUT2D eigenvalue weighted by atomic mass is 32.2. The van der Waals surface area contributed by atoms with Crippen molar-refractivity contribution in [2.24, 2.45) is 5.92 Å². The molecule has 4 rings (SSSR count). The van der Waals surface area contributed by atoms with Gasteiger partial charge in [0, 0.05) is 12.6 Å². The lowest BCUT2D eigenvalue weighted by Crippen LogP contribution is -2.57. The zero-order chi connectivity index (χ0) is 12.5. The number of carbonyl (C=O) groups excluding carboxylic acids is 1. The lowest BCUT2D eigenvalue weighted by molar-refractivity contribution is 0.0599.